The molecule has 0 radical (unpaired) electrons. The molecule has 0 aromatic rings. The largest absolute Gasteiger partial charge is 0.330 e. The molecule has 1 fully saturated rings. The zero-order chi connectivity index (χ0) is 12.0. The number of amides is 2. The maximum atomic E-state index is 11.6. The number of nitrogens with zero attached hydrogens (tertiary/aromatic N) is 2. The molecule has 0 aromatic heterocycles. The van der Waals surface area contributed by atoms with Gasteiger partial charge in [0.2, 0.25) is 0 Å². The molecule has 0 N–H and O–H groups in total. The van der Waals surface area contributed by atoms with Crippen molar-refractivity contribution < 1.29 is 9.59 Å². The van der Waals surface area contributed by atoms with Crippen LogP contribution in [-0.4, -0.2) is 58.0 Å². The Morgan fingerprint density at radius 2 is 1.19 bits per heavy atom. The van der Waals surface area contributed by atoms with Gasteiger partial charge in [-0.05, 0) is 11.5 Å². The van der Waals surface area contributed by atoms with E-state index >= 15 is 0 Å². The quantitative estimate of drug-likeness (QED) is 0.766. The second-order valence-corrected chi connectivity index (χ2v) is 5.80. The Morgan fingerprint density at radius 1 is 0.875 bits per heavy atom. The third-order valence-corrected chi connectivity index (χ3v) is 3.92. The molecule has 0 spiro atoms. The van der Waals surface area contributed by atoms with Crippen molar-refractivity contribution in [1.29, 1.82) is 0 Å². The summed E-state index contributed by atoms with van der Waals surface area (Å²) in [6.45, 7) is 6.62. The lowest BCUT2D eigenvalue weighted by Crippen LogP contribution is -2.48. The predicted octanol–water partition coefficient (Wildman–Crippen LogP) is 2.35. The average Bonchev–Trinajstić information content (AvgIpc) is 2.30. The molecule has 1 saturated heterocycles. The fourth-order valence-corrected chi connectivity index (χ4v) is 2.73. The minimum atomic E-state index is 0.137. The smallest absolute Gasteiger partial charge is 0.281 e. The van der Waals surface area contributed by atoms with Crippen LogP contribution < -0.4 is 0 Å². The van der Waals surface area contributed by atoms with Crippen LogP contribution in [0.5, 0.6) is 0 Å². The van der Waals surface area contributed by atoms with E-state index in [4.69, 9.17) is 0 Å². The second kappa shape index (κ2) is 7.06. The van der Waals surface area contributed by atoms with E-state index in [0.717, 1.165) is 11.5 Å². The Kier molecular flexibility index (Phi) is 6.05. The second-order valence-electron chi connectivity index (χ2n) is 3.37. The first-order chi connectivity index (χ1) is 7.69. The molecule has 1 aliphatic heterocycles. The first-order valence-corrected chi connectivity index (χ1v) is 7.49. The zero-order valence-electron chi connectivity index (χ0n) is 9.77. The van der Waals surface area contributed by atoms with Crippen molar-refractivity contribution in [2.24, 2.45) is 0 Å². The molecule has 4 nitrogen and oxygen atoms in total. The minimum absolute atomic E-state index is 0.137. The van der Waals surface area contributed by atoms with Crippen LogP contribution in [-0.2, 0) is 0 Å². The molecule has 0 atom stereocenters. The Morgan fingerprint density at radius 3 is 1.44 bits per heavy atom. The van der Waals surface area contributed by atoms with Crippen molar-refractivity contribution in [1.82, 2.24) is 9.80 Å². The van der Waals surface area contributed by atoms with Gasteiger partial charge in [0.25, 0.3) is 10.5 Å². The van der Waals surface area contributed by atoms with Gasteiger partial charge in [0, 0.05) is 26.2 Å². The lowest BCUT2D eigenvalue weighted by Gasteiger charge is -2.34. The molecule has 1 heterocycles. The molecule has 16 heavy (non-hydrogen) atoms. The molecule has 0 aliphatic carbocycles. The van der Waals surface area contributed by atoms with E-state index in [1.165, 1.54) is 23.5 Å². The summed E-state index contributed by atoms with van der Waals surface area (Å²) < 4.78 is 0. The molecule has 1 aliphatic rings. The van der Waals surface area contributed by atoms with Gasteiger partial charge in [0.15, 0.2) is 0 Å². The Bertz CT molecular complexity index is 227. The summed E-state index contributed by atoms with van der Waals surface area (Å²) in [5, 5.41) is 0.274. The lowest BCUT2D eigenvalue weighted by atomic mass is 10.3. The summed E-state index contributed by atoms with van der Waals surface area (Å²) in [6, 6.07) is 0. The molecule has 1 rings (SSSR count). The Labute approximate surface area is 105 Å². The van der Waals surface area contributed by atoms with Gasteiger partial charge >= 0.3 is 0 Å². The van der Waals surface area contributed by atoms with Crippen LogP contribution in [0.15, 0.2) is 0 Å². The molecule has 0 aromatic carbocycles. The summed E-state index contributed by atoms with van der Waals surface area (Å²) >= 11 is 2.67. The molecule has 92 valence electrons. The number of hydrogen-bond donors (Lipinski definition) is 0. The van der Waals surface area contributed by atoms with E-state index in [0.29, 0.717) is 26.2 Å². The molecular formula is C10H18N2O2S2. The highest BCUT2D eigenvalue weighted by molar-refractivity contribution is 8.13. The molecule has 0 bridgehead atoms. The van der Waals surface area contributed by atoms with E-state index in [2.05, 4.69) is 0 Å². The summed E-state index contributed by atoms with van der Waals surface area (Å²) in [7, 11) is 0. The van der Waals surface area contributed by atoms with Crippen molar-refractivity contribution in [2.75, 3.05) is 37.7 Å². The van der Waals surface area contributed by atoms with Crippen LogP contribution in [0.3, 0.4) is 0 Å². The normalized spacial score (nSPS) is 16.4. The Hall–Kier alpha value is -0.360. The van der Waals surface area contributed by atoms with Crippen molar-refractivity contribution >= 4 is 34.0 Å². The van der Waals surface area contributed by atoms with E-state index in [1.807, 2.05) is 23.6 Å². The highest BCUT2D eigenvalue weighted by Gasteiger charge is 2.23. The van der Waals surface area contributed by atoms with Crippen molar-refractivity contribution in [3.05, 3.63) is 0 Å². The number of carbonyl (C=O) groups excluding carboxylic acids is 2. The Balaban J connectivity index is 2.33. The third kappa shape index (κ3) is 3.90. The molecule has 6 heteroatoms. The van der Waals surface area contributed by atoms with Gasteiger partial charge in [-0.25, -0.2) is 0 Å². The maximum Gasteiger partial charge on any atom is 0.281 e. The van der Waals surface area contributed by atoms with E-state index in [9.17, 15) is 9.59 Å². The van der Waals surface area contributed by atoms with Crippen molar-refractivity contribution in [3.63, 3.8) is 0 Å². The lowest BCUT2D eigenvalue weighted by molar-refractivity contribution is 0.168. The number of hydrogen-bond acceptors (Lipinski definition) is 4. The molecule has 2 amide bonds. The van der Waals surface area contributed by atoms with Gasteiger partial charge in [0.1, 0.15) is 0 Å². The zero-order valence-corrected chi connectivity index (χ0v) is 11.4. The highest BCUT2D eigenvalue weighted by Crippen LogP contribution is 2.14. The number of carbonyl (C=O) groups is 2. The summed E-state index contributed by atoms with van der Waals surface area (Å²) in [5.41, 5.74) is 0. The van der Waals surface area contributed by atoms with Crippen LogP contribution in [0.4, 0.5) is 9.59 Å². The summed E-state index contributed by atoms with van der Waals surface area (Å²) in [5.74, 6) is 1.62. The topological polar surface area (TPSA) is 40.6 Å². The minimum Gasteiger partial charge on any atom is -0.330 e. The first-order valence-electron chi connectivity index (χ1n) is 5.52. The fraction of sp³-hybridized carbons (Fsp3) is 0.800. The standard InChI is InChI=1S/C10H18N2O2S2/c1-3-15-9(13)11-5-7-12(8-6-11)10(14)16-4-2/h3-8H2,1-2H3. The molecular weight excluding hydrogens is 244 g/mol. The van der Waals surface area contributed by atoms with Crippen molar-refractivity contribution in [2.45, 2.75) is 13.8 Å². The number of piperazine rings is 1. The van der Waals surface area contributed by atoms with Gasteiger partial charge in [-0.1, -0.05) is 37.4 Å². The van der Waals surface area contributed by atoms with Crippen LogP contribution in [0.25, 0.3) is 0 Å². The molecule has 0 unspecified atom stereocenters. The van der Waals surface area contributed by atoms with E-state index < -0.39 is 0 Å². The van der Waals surface area contributed by atoms with Gasteiger partial charge in [-0.2, -0.15) is 0 Å². The number of thioether (sulfide) groups is 2. The van der Waals surface area contributed by atoms with Gasteiger partial charge in [-0.3, -0.25) is 9.59 Å². The van der Waals surface area contributed by atoms with Gasteiger partial charge < -0.3 is 9.80 Å². The van der Waals surface area contributed by atoms with Crippen LogP contribution in [0.1, 0.15) is 13.8 Å². The maximum absolute atomic E-state index is 11.6. The molecule has 0 saturated carbocycles. The first kappa shape index (κ1) is 13.7. The van der Waals surface area contributed by atoms with Crippen molar-refractivity contribution in [3.8, 4) is 0 Å². The van der Waals surface area contributed by atoms with Gasteiger partial charge in [-0.15, -0.1) is 0 Å². The fourth-order valence-electron chi connectivity index (χ4n) is 1.50. The van der Waals surface area contributed by atoms with E-state index in [-0.39, 0.29) is 10.5 Å². The third-order valence-electron chi connectivity index (χ3n) is 2.33. The number of rotatable bonds is 2. The predicted molar refractivity (Wildman–Crippen MR) is 70.2 cm³/mol. The SMILES string of the molecule is CCSC(=O)N1CCN(C(=O)SCC)CC1. The van der Waals surface area contributed by atoms with Crippen LogP contribution in [0.2, 0.25) is 0 Å². The van der Waals surface area contributed by atoms with Crippen LogP contribution >= 0.6 is 23.5 Å². The van der Waals surface area contributed by atoms with Gasteiger partial charge in [0.05, 0.1) is 0 Å². The summed E-state index contributed by atoms with van der Waals surface area (Å²) in [4.78, 5) is 26.8. The monoisotopic (exact) mass is 262 g/mol. The highest BCUT2D eigenvalue weighted by atomic mass is 32.2. The summed E-state index contributed by atoms with van der Waals surface area (Å²) in [6.07, 6.45) is 0. The van der Waals surface area contributed by atoms with E-state index in [1.54, 1.807) is 0 Å². The van der Waals surface area contributed by atoms with Crippen LogP contribution in [0, 0.1) is 0 Å². The average molecular weight is 262 g/mol.